The molecular weight excluding hydrogens is 277 g/mol. The molecular formula is C15H12FNO4. The van der Waals surface area contributed by atoms with Gasteiger partial charge in [0.25, 0.3) is 5.91 Å². The topological polar surface area (TPSA) is 86.6 Å². The maximum atomic E-state index is 13.5. The largest absolute Gasteiger partial charge is 0.508 e. The van der Waals surface area contributed by atoms with Crippen molar-refractivity contribution in [3.8, 4) is 5.75 Å². The molecule has 0 unspecified atom stereocenters. The Labute approximate surface area is 119 Å². The normalized spacial score (nSPS) is 10.1. The Morgan fingerprint density at radius 2 is 1.90 bits per heavy atom. The Hall–Kier alpha value is -2.89. The van der Waals surface area contributed by atoms with E-state index in [9.17, 15) is 19.1 Å². The second-order valence-electron chi connectivity index (χ2n) is 4.35. The van der Waals surface area contributed by atoms with E-state index in [1.807, 2.05) is 0 Å². The fraction of sp³-hybridized carbons (Fsp3) is 0.0667. The van der Waals surface area contributed by atoms with Gasteiger partial charge in [0.2, 0.25) is 0 Å². The van der Waals surface area contributed by atoms with Crippen LogP contribution in [0.5, 0.6) is 5.75 Å². The Kier molecular flexibility index (Phi) is 4.18. The van der Waals surface area contributed by atoms with E-state index in [1.165, 1.54) is 18.2 Å². The molecule has 108 valence electrons. The molecule has 2 aromatic rings. The highest BCUT2D eigenvalue weighted by molar-refractivity contribution is 5.96. The van der Waals surface area contributed by atoms with Crippen LogP contribution in [0.15, 0.2) is 42.5 Å². The summed E-state index contributed by atoms with van der Waals surface area (Å²) < 4.78 is 13.5. The second kappa shape index (κ2) is 6.04. The van der Waals surface area contributed by atoms with Gasteiger partial charge in [-0.05, 0) is 35.9 Å². The molecule has 0 bridgehead atoms. The number of hydrogen-bond donors (Lipinski definition) is 3. The van der Waals surface area contributed by atoms with Gasteiger partial charge < -0.3 is 15.5 Å². The summed E-state index contributed by atoms with van der Waals surface area (Å²) >= 11 is 0. The Bertz CT molecular complexity index is 700. The van der Waals surface area contributed by atoms with Gasteiger partial charge >= 0.3 is 5.97 Å². The number of benzene rings is 2. The van der Waals surface area contributed by atoms with Crippen LogP contribution in [0.25, 0.3) is 0 Å². The molecule has 0 spiro atoms. The van der Waals surface area contributed by atoms with Crippen LogP contribution in [0, 0.1) is 5.82 Å². The maximum Gasteiger partial charge on any atom is 0.338 e. The Balaban J connectivity index is 2.07. The van der Waals surface area contributed by atoms with Crippen molar-refractivity contribution in [3.05, 3.63) is 65.0 Å². The summed E-state index contributed by atoms with van der Waals surface area (Å²) in [6, 6.07) is 9.51. The molecule has 0 aliphatic rings. The number of nitrogens with one attached hydrogen (secondary N) is 1. The number of amides is 1. The van der Waals surface area contributed by atoms with E-state index in [2.05, 4.69) is 5.32 Å². The number of aromatic carboxylic acids is 1. The first-order valence-corrected chi connectivity index (χ1v) is 6.06. The fourth-order valence-corrected chi connectivity index (χ4v) is 1.78. The van der Waals surface area contributed by atoms with Gasteiger partial charge in [-0.1, -0.05) is 12.1 Å². The highest BCUT2D eigenvalue weighted by atomic mass is 19.1. The molecule has 5 nitrogen and oxygen atoms in total. The summed E-state index contributed by atoms with van der Waals surface area (Å²) in [4.78, 5) is 22.5. The van der Waals surface area contributed by atoms with Gasteiger partial charge in [0.15, 0.2) is 0 Å². The van der Waals surface area contributed by atoms with Crippen molar-refractivity contribution in [1.82, 2.24) is 5.32 Å². The molecule has 0 atom stereocenters. The smallest absolute Gasteiger partial charge is 0.338 e. The minimum absolute atomic E-state index is 0.0256. The number of carboxylic acid groups (broad SMARTS) is 1. The van der Waals surface area contributed by atoms with Crippen LogP contribution in [-0.4, -0.2) is 22.1 Å². The Morgan fingerprint density at radius 1 is 1.14 bits per heavy atom. The average molecular weight is 289 g/mol. The number of carboxylic acids is 1. The number of aromatic hydroxyl groups is 1. The first-order valence-electron chi connectivity index (χ1n) is 6.06. The van der Waals surface area contributed by atoms with Gasteiger partial charge in [-0.15, -0.1) is 0 Å². The lowest BCUT2D eigenvalue weighted by molar-refractivity contribution is 0.0691. The van der Waals surface area contributed by atoms with Crippen molar-refractivity contribution in [2.24, 2.45) is 0 Å². The van der Waals surface area contributed by atoms with Gasteiger partial charge in [0.05, 0.1) is 5.56 Å². The summed E-state index contributed by atoms with van der Waals surface area (Å²) in [5, 5.41) is 20.6. The lowest BCUT2D eigenvalue weighted by Crippen LogP contribution is -2.23. The molecule has 0 aliphatic carbocycles. The minimum Gasteiger partial charge on any atom is -0.508 e. The van der Waals surface area contributed by atoms with Crippen LogP contribution in [0.4, 0.5) is 4.39 Å². The van der Waals surface area contributed by atoms with Gasteiger partial charge in [-0.3, -0.25) is 4.79 Å². The van der Waals surface area contributed by atoms with E-state index >= 15 is 0 Å². The monoisotopic (exact) mass is 289 g/mol. The van der Waals surface area contributed by atoms with Crippen molar-refractivity contribution in [2.45, 2.75) is 6.54 Å². The van der Waals surface area contributed by atoms with Crippen molar-refractivity contribution in [2.75, 3.05) is 0 Å². The molecule has 0 heterocycles. The number of halogens is 1. The summed E-state index contributed by atoms with van der Waals surface area (Å²) in [7, 11) is 0. The SMILES string of the molecule is O=C(NCc1cccc(O)c1)c1ccc(C(=O)O)c(F)c1. The van der Waals surface area contributed by atoms with Crippen LogP contribution in [0.1, 0.15) is 26.3 Å². The molecule has 1 amide bonds. The third-order valence-electron chi connectivity index (χ3n) is 2.83. The first-order chi connectivity index (χ1) is 9.97. The zero-order valence-corrected chi connectivity index (χ0v) is 10.8. The zero-order chi connectivity index (χ0) is 15.4. The molecule has 0 aromatic heterocycles. The summed E-state index contributed by atoms with van der Waals surface area (Å²) in [5.41, 5.74) is 0.225. The van der Waals surface area contributed by atoms with Crippen molar-refractivity contribution < 1.29 is 24.2 Å². The van der Waals surface area contributed by atoms with E-state index in [1.54, 1.807) is 12.1 Å². The van der Waals surface area contributed by atoms with Crippen LogP contribution >= 0.6 is 0 Å². The number of hydrogen-bond acceptors (Lipinski definition) is 3. The molecule has 3 N–H and O–H groups in total. The average Bonchev–Trinajstić information content (AvgIpc) is 2.44. The molecule has 0 saturated heterocycles. The van der Waals surface area contributed by atoms with Gasteiger partial charge in [0.1, 0.15) is 11.6 Å². The van der Waals surface area contributed by atoms with E-state index < -0.39 is 23.3 Å². The molecule has 0 aliphatic heterocycles. The lowest BCUT2D eigenvalue weighted by atomic mass is 10.1. The van der Waals surface area contributed by atoms with E-state index in [-0.39, 0.29) is 17.9 Å². The standard InChI is InChI=1S/C15H12FNO4/c16-13-7-10(4-5-12(13)15(20)21)14(19)17-8-9-2-1-3-11(18)6-9/h1-7,18H,8H2,(H,17,19)(H,20,21). The highest BCUT2D eigenvalue weighted by Crippen LogP contribution is 2.12. The molecule has 0 saturated carbocycles. The molecule has 2 aromatic carbocycles. The summed E-state index contributed by atoms with van der Waals surface area (Å²) in [6.07, 6.45) is 0. The summed E-state index contributed by atoms with van der Waals surface area (Å²) in [5.74, 6) is -2.81. The molecule has 0 fully saturated rings. The predicted molar refractivity (Wildman–Crippen MR) is 72.6 cm³/mol. The molecule has 6 heteroatoms. The van der Waals surface area contributed by atoms with E-state index in [4.69, 9.17) is 5.11 Å². The van der Waals surface area contributed by atoms with E-state index in [0.29, 0.717) is 5.56 Å². The number of phenols is 1. The lowest BCUT2D eigenvalue weighted by Gasteiger charge is -2.06. The number of phenolic OH excluding ortho intramolecular Hbond substituents is 1. The van der Waals surface area contributed by atoms with Gasteiger partial charge in [-0.2, -0.15) is 0 Å². The summed E-state index contributed by atoms with van der Waals surface area (Å²) in [6.45, 7) is 0.162. The van der Waals surface area contributed by atoms with Gasteiger partial charge in [0, 0.05) is 12.1 Å². The number of carbonyl (C=O) groups excluding carboxylic acids is 1. The third kappa shape index (κ3) is 3.56. The highest BCUT2D eigenvalue weighted by Gasteiger charge is 2.13. The number of rotatable bonds is 4. The molecule has 21 heavy (non-hydrogen) atoms. The first kappa shape index (κ1) is 14.5. The third-order valence-corrected chi connectivity index (χ3v) is 2.83. The molecule has 0 radical (unpaired) electrons. The quantitative estimate of drug-likeness (QED) is 0.805. The second-order valence-corrected chi connectivity index (χ2v) is 4.35. The van der Waals surface area contributed by atoms with E-state index in [0.717, 1.165) is 12.1 Å². The number of carbonyl (C=O) groups is 2. The van der Waals surface area contributed by atoms with Crippen molar-refractivity contribution >= 4 is 11.9 Å². The molecule has 2 rings (SSSR count). The van der Waals surface area contributed by atoms with Crippen LogP contribution in [0.3, 0.4) is 0 Å². The van der Waals surface area contributed by atoms with Crippen LogP contribution < -0.4 is 5.32 Å². The fourth-order valence-electron chi connectivity index (χ4n) is 1.78. The maximum absolute atomic E-state index is 13.5. The van der Waals surface area contributed by atoms with Crippen molar-refractivity contribution in [1.29, 1.82) is 0 Å². The Morgan fingerprint density at radius 3 is 2.52 bits per heavy atom. The van der Waals surface area contributed by atoms with Crippen molar-refractivity contribution in [3.63, 3.8) is 0 Å². The minimum atomic E-state index is -1.39. The van der Waals surface area contributed by atoms with Gasteiger partial charge in [-0.25, -0.2) is 9.18 Å². The predicted octanol–water partition coefficient (Wildman–Crippen LogP) is 2.16. The van der Waals surface area contributed by atoms with Crippen LogP contribution in [-0.2, 0) is 6.54 Å². The van der Waals surface area contributed by atoms with Crippen LogP contribution in [0.2, 0.25) is 0 Å². The zero-order valence-electron chi connectivity index (χ0n) is 10.8.